The van der Waals surface area contributed by atoms with Gasteiger partial charge in [-0.2, -0.15) is 0 Å². The summed E-state index contributed by atoms with van der Waals surface area (Å²) in [5.41, 5.74) is -0.0258. The highest BCUT2D eigenvalue weighted by Crippen LogP contribution is 2.31. The van der Waals surface area contributed by atoms with E-state index in [-0.39, 0.29) is 10.0 Å². The number of nitrogens with one attached hydrogen (secondary N) is 1. The zero-order valence-corrected chi connectivity index (χ0v) is 12.9. The summed E-state index contributed by atoms with van der Waals surface area (Å²) >= 11 is 3.09. The molecule has 0 radical (unpaired) electrons. The molecule has 1 aromatic carbocycles. The Bertz CT molecular complexity index is 598. The van der Waals surface area contributed by atoms with E-state index in [0.29, 0.717) is 18.1 Å². The Balaban J connectivity index is 2.49. The predicted octanol–water partition coefficient (Wildman–Crippen LogP) is 4.72. The molecule has 0 aliphatic heterocycles. The second kappa shape index (κ2) is 6.50. The normalized spacial score (nSPS) is 12.7. The minimum Gasteiger partial charge on any atom is -0.464 e. The number of benzene rings is 1. The van der Waals surface area contributed by atoms with Crippen molar-refractivity contribution in [2.45, 2.75) is 26.3 Å². The van der Waals surface area contributed by atoms with Gasteiger partial charge in [-0.05, 0) is 60.1 Å². The van der Waals surface area contributed by atoms with E-state index in [1.165, 1.54) is 12.1 Å². The van der Waals surface area contributed by atoms with E-state index in [2.05, 4.69) is 21.2 Å². The van der Waals surface area contributed by atoms with Gasteiger partial charge in [-0.1, -0.05) is 6.92 Å². The van der Waals surface area contributed by atoms with Crippen LogP contribution in [0.5, 0.6) is 0 Å². The SMILES string of the molecule is CCCNC(c1ccc(C)o1)c1c(F)ccc(Br)c1F. The van der Waals surface area contributed by atoms with Gasteiger partial charge in [0.1, 0.15) is 23.2 Å². The number of furan rings is 1. The number of halogens is 3. The van der Waals surface area contributed by atoms with Crippen LogP contribution in [0.25, 0.3) is 0 Å². The monoisotopic (exact) mass is 343 g/mol. The van der Waals surface area contributed by atoms with E-state index in [9.17, 15) is 8.78 Å². The van der Waals surface area contributed by atoms with E-state index >= 15 is 0 Å². The Morgan fingerprint density at radius 3 is 2.60 bits per heavy atom. The molecule has 1 N–H and O–H groups in total. The second-order valence-electron chi connectivity index (χ2n) is 4.59. The van der Waals surface area contributed by atoms with Crippen molar-refractivity contribution in [2.24, 2.45) is 0 Å². The first-order valence-corrected chi connectivity index (χ1v) is 7.27. The summed E-state index contributed by atoms with van der Waals surface area (Å²) in [5.74, 6) is 0.0203. The summed E-state index contributed by atoms with van der Waals surface area (Å²) < 4.78 is 34.1. The number of hydrogen-bond acceptors (Lipinski definition) is 2. The molecule has 0 amide bonds. The third-order valence-electron chi connectivity index (χ3n) is 3.01. The summed E-state index contributed by atoms with van der Waals surface area (Å²) in [6.07, 6.45) is 0.855. The van der Waals surface area contributed by atoms with Gasteiger partial charge in [-0.25, -0.2) is 8.78 Å². The smallest absolute Gasteiger partial charge is 0.145 e. The molecular weight excluding hydrogens is 328 g/mol. The fourth-order valence-electron chi connectivity index (χ4n) is 2.05. The van der Waals surface area contributed by atoms with Crippen molar-refractivity contribution in [3.05, 3.63) is 57.5 Å². The molecule has 0 fully saturated rings. The largest absolute Gasteiger partial charge is 0.464 e. The van der Waals surface area contributed by atoms with Gasteiger partial charge in [0.05, 0.1) is 10.5 Å². The minimum atomic E-state index is -0.638. The third kappa shape index (κ3) is 3.10. The van der Waals surface area contributed by atoms with E-state index < -0.39 is 17.7 Å². The molecule has 0 saturated carbocycles. The van der Waals surface area contributed by atoms with E-state index in [4.69, 9.17) is 4.42 Å². The molecule has 2 aromatic rings. The van der Waals surface area contributed by atoms with Crippen LogP contribution in [0.2, 0.25) is 0 Å². The highest BCUT2D eigenvalue weighted by molar-refractivity contribution is 9.10. The highest BCUT2D eigenvalue weighted by atomic mass is 79.9. The van der Waals surface area contributed by atoms with Crippen molar-refractivity contribution < 1.29 is 13.2 Å². The molecule has 0 spiro atoms. The molecule has 20 heavy (non-hydrogen) atoms. The zero-order chi connectivity index (χ0) is 14.7. The van der Waals surface area contributed by atoms with E-state index in [1.807, 2.05) is 6.92 Å². The van der Waals surface area contributed by atoms with Crippen LogP contribution in [0.4, 0.5) is 8.78 Å². The molecule has 2 rings (SSSR count). The van der Waals surface area contributed by atoms with Crippen molar-refractivity contribution in [3.8, 4) is 0 Å². The standard InChI is InChI=1S/C15H16BrF2NO/c1-3-8-19-15(12-7-4-9(2)20-12)13-11(17)6-5-10(16)14(13)18/h4-7,15,19H,3,8H2,1-2H3. The Labute approximate surface area is 125 Å². The lowest BCUT2D eigenvalue weighted by atomic mass is 10.0. The molecule has 0 bridgehead atoms. The van der Waals surface area contributed by atoms with Crippen molar-refractivity contribution in [1.82, 2.24) is 5.32 Å². The predicted molar refractivity (Wildman–Crippen MR) is 77.6 cm³/mol. The fourth-order valence-corrected chi connectivity index (χ4v) is 2.40. The molecule has 0 aliphatic rings. The Morgan fingerprint density at radius 2 is 2.00 bits per heavy atom. The maximum absolute atomic E-state index is 14.3. The molecule has 0 aliphatic carbocycles. The van der Waals surface area contributed by atoms with Gasteiger partial charge in [0, 0.05) is 5.56 Å². The zero-order valence-electron chi connectivity index (χ0n) is 11.3. The van der Waals surface area contributed by atoms with Crippen LogP contribution in [0.15, 0.2) is 33.2 Å². The van der Waals surface area contributed by atoms with Gasteiger partial charge in [0.25, 0.3) is 0 Å². The molecule has 2 nitrogen and oxygen atoms in total. The quantitative estimate of drug-likeness (QED) is 0.794. The fraction of sp³-hybridized carbons (Fsp3) is 0.333. The molecule has 1 heterocycles. The topological polar surface area (TPSA) is 25.2 Å². The summed E-state index contributed by atoms with van der Waals surface area (Å²) in [7, 11) is 0. The first kappa shape index (κ1) is 15.2. The van der Waals surface area contributed by atoms with Crippen LogP contribution < -0.4 is 5.32 Å². The van der Waals surface area contributed by atoms with Crippen molar-refractivity contribution in [1.29, 1.82) is 0 Å². The lowest BCUT2D eigenvalue weighted by molar-refractivity contribution is 0.410. The number of hydrogen-bond donors (Lipinski definition) is 1. The maximum atomic E-state index is 14.3. The first-order chi connectivity index (χ1) is 9.54. The molecule has 0 saturated heterocycles. The number of aryl methyl sites for hydroxylation is 1. The van der Waals surface area contributed by atoms with Gasteiger partial charge in [0.15, 0.2) is 0 Å². The lowest BCUT2D eigenvalue weighted by Gasteiger charge is -2.18. The molecule has 5 heteroatoms. The van der Waals surface area contributed by atoms with E-state index in [1.54, 1.807) is 19.1 Å². The van der Waals surface area contributed by atoms with Crippen LogP contribution >= 0.6 is 15.9 Å². The van der Waals surface area contributed by atoms with Gasteiger partial charge in [-0.3, -0.25) is 0 Å². The Kier molecular flexibility index (Phi) is 4.94. The van der Waals surface area contributed by atoms with Crippen LogP contribution in [-0.4, -0.2) is 6.54 Å². The first-order valence-electron chi connectivity index (χ1n) is 6.47. The molecule has 1 unspecified atom stereocenters. The summed E-state index contributed by atoms with van der Waals surface area (Å²) in [6, 6.07) is 5.49. The van der Waals surface area contributed by atoms with Crippen molar-refractivity contribution in [2.75, 3.05) is 6.54 Å². The van der Waals surface area contributed by atoms with Gasteiger partial charge >= 0.3 is 0 Å². The summed E-state index contributed by atoms with van der Waals surface area (Å²) in [6.45, 7) is 4.43. The van der Waals surface area contributed by atoms with Crippen LogP contribution in [0.3, 0.4) is 0 Å². The second-order valence-corrected chi connectivity index (χ2v) is 5.45. The molecular formula is C15H16BrF2NO. The van der Waals surface area contributed by atoms with Gasteiger partial charge in [0.2, 0.25) is 0 Å². The van der Waals surface area contributed by atoms with Crippen LogP contribution in [-0.2, 0) is 0 Å². The highest BCUT2D eigenvalue weighted by Gasteiger charge is 2.25. The maximum Gasteiger partial charge on any atom is 0.145 e. The van der Waals surface area contributed by atoms with Crippen LogP contribution in [0, 0.1) is 18.6 Å². The summed E-state index contributed by atoms with van der Waals surface area (Å²) in [5, 5.41) is 3.13. The minimum absolute atomic E-state index is 0.0258. The number of rotatable bonds is 5. The summed E-state index contributed by atoms with van der Waals surface area (Å²) in [4.78, 5) is 0. The van der Waals surface area contributed by atoms with E-state index in [0.717, 1.165) is 6.42 Å². The van der Waals surface area contributed by atoms with Crippen molar-refractivity contribution >= 4 is 15.9 Å². The Hall–Kier alpha value is -1.20. The van der Waals surface area contributed by atoms with Gasteiger partial charge < -0.3 is 9.73 Å². The van der Waals surface area contributed by atoms with Crippen molar-refractivity contribution in [3.63, 3.8) is 0 Å². The molecule has 108 valence electrons. The average Bonchev–Trinajstić information content (AvgIpc) is 2.84. The Morgan fingerprint density at radius 1 is 1.25 bits per heavy atom. The van der Waals surface area contributed by atoms with Crippen LogP contribution in [0.1, 0.15) is 36.5 Å². The van der Waals surface area contributed by atoms with Gasteiger partial charge in [-0.15, -0.1) is 0 Å². The average molecular weight is 344 g/mol. The molecule has 1 atom stereocenters. The lowest BCUT2D eigenvalue weighted by Crippen LogP contribution is -2.25. The third-order valence-corrected chi connectivity index (χ3v) is 3.62. The molecule has 1 aromatic heterocycles.